The van der Waals surface area contributed by atoms with Crippen molar-refractivity contribution in [2.75, 3.05) is 20.6 Å². The zero-order valence-electron chi connectivity index (χ0n) is 17.7. The number of aliphatic hydroxyl groups is 2. The number of rotatable bonds is 9. The van der Waals surface area contributed by atoms with Gasteiger partial charge in [0.15, 0.2) is 0 Å². The van der Waals surface area contributed by atoms with Crippen LogP contribution in [0.3, 0.4) is 0 Å². The maximum atomic E-state index is 10.5. The van der Waals surface area contributed by atoms with Crippen LogP contribution in [0.25, 0.3) is 0 Å². The lowest BCUT2D eigenvalue weighted by Crippen LogP contribution is -2.17. The van der Waals surface area contributed by atoms with E-state index in [0.29, 0.717) is 11.8 Å². The van der Waals surface area contributed by atoms with Gasteiger partial charge in [-0.25, -0.2) is 0 Å². The Morgan fingerprint density at radius 1 is 1.21 bits per heavy atom. The van der Waals surface area contributed by atoms with E-state index in [1.54, 1.807) is 5.57 Å². The zero-order valence-corrected chi connectivity index (χ0v) is 17.7. The molecule has 0 aliphatic heterocycles. The van der Waals surface area contributed by atoms with Crippen molar-refractivity contribution in [3.8, 4) is 0 Å². The minimum atomic E-state index is -0.600. The molecule has 1 aromatic rings. The highest BCUT2D eigenvalue weighted by molar-refractivity contribution is 5.27. The number of fused-ring (bicyclic) bond motifs is 1. The van der Waals surface area contributed by atoms with Crippen molar-refractivity contribution < 1.29 is 10.2 Å². The second-order valence-electron chi connectivity index (χ2n) is 9.09. The van der Waals surface area contributed by atoms with Gasteiger partial charge in [0.1, 0.15) is 0 Å². The van der Waals surface area contributed by atoms with E-state index in [-0.39, 0.29) is 12.0 Å². The Kier molecular flexibility index (Phi) is 7.50. The van der Waals surface area contributed by atoms with Gasteiger partial charge in [0.05, 0.1) is 12.2 Å². The summed E-state index contributed by atoms with van der Waals surface area (Å²) >= 11 is 0. The van der Waals surface area contributed by atoms with Crippen molar-refractivity contribution in [2.45, 2.75) is 57.7 Å². The van der Waals surface area contributed by atoms with Gasteiger partial charge in [0, 0.05) is 5.92 Å². The van der Waals surface area contributed by atoms with Crippen LogP contribution < -0.4 is 0 Å². The fraction of sp³-hybridized carbons (Fsp3) is 0.600. The van der Waals surface area contributed by atoms with Crippen LogP contribution in [0.4, 0.5) is 0 Å². The lowest BCUT2D eigenvalue weighted by Gasteiger charge is -2.19. The number of aryl methyl sites for hydroxylation is 1. The maximum Gasteiger partial charge on any atom is 0.0972 e. The summed E-state index contributed by atoms with van der Waals surface area (Å²) in [5.41, 5.74) is 3.66. The summed E-state index contributed by atoms with van der Waals surface area (Å²) in [5.74, 6) is 1.18. The fourth-order valence-corrected chi connectivity index (χ4v) is 4.95. The normalized spacial score (nSPS) is 28.1. The van der Waals surface area contributed by atoms with Crippen LogP contribution >= 0.6 is 0 Å². The van der Waals surface area contributed by atoms with E-state index in [9.17, 15) is 10.2 Å². The molecule has 3 heteroatoms. The number of unbranched alkanes of at least 4 members (excludes halogenated alkanes) is 2. The molecular weight excluding hydrogens is 346 g/mol. The number of benzene rings is 1. The predicted molar refractivity (Wildman–Crippen MR) is 116 cm³/mol. The van der Waals surface area contributed by atoms with Gasteiger partial charge in [0.25, 0.3) is 0 Å². The molecule has 0 amide bonds. The SMILES string of the molecule is Cc1cccc([C@H](O)/C=C/[C@@H]2[C@H]3CC(CCCCCN(C)C)=C[C@H]3C[C@H]2O)c1. The van der Waals surface area contributed by atoms with Gasteiger partial charge in [-0.1, -0.05) is 60.1 Å². The Hall–Kier alpha value is -1.42. The van der Waals surface area contributed by atoms with Gasteiger partial charge in [-0.05, 0) is 77.1 Å². The standard InChI is InChI=1S/C25H37NO2/c1-18-8-7-10-20(14-18)24(27)12-11-22-23-16-19(15-21(23)17-25(22)28)9-5-4-6-13-26(2)3/h7-8,10-12,14-15,21-25,27-28H,4-6,9,13,16-17H2,1-3H3/b12-11+/t21-,22+,23-,24+,25+/m0/s1. The molecule has 0 heterocycles. The fourth-order valence-electron chi connectivity index (χ4n) is 4.95. The van der Waals surface area contributed by atoms with Crippen LogP contribution in [0.15, 0.2) is 48.1 Å². The van der Waals surface area contributed by atoms with E-state index in [1.165, 1.54) is 32.2 Å². The monoisotopic (exact) mass is 383 g/mol. The summed E-state index contributed by atoms with van der Waals surface area (Å²) in [6.45, 7) is 3.21. The van der Waals surface area contributed by atoms with Gasteiger partial charge >= 0.3 is 0 Å². The number of nitrogens with zero attached hydrogens (tertiary/aromatic N) is 1. The molecule has 5 atom stereocenters. The molecule has 0 aromatic heterocycles. The van der Waals surface area contributed by atoms with Crippen molar-refractivity contribution >= 4 is 0 Å². The molecule has 0 spiro atoms. The summed E-state index contributed by atoms with van der Waals surface area (Å²) in [6, 6.07) is 8.00. The van der Waals surface area contributed by atoms with Crippen LogP contribution in [-0.2, 0) is 0 Å². The number of allylic oxidation sites excluding steroid dienone is 2. The summed E-state index contributed by atoms with van der Waals surface area (Å²) in [6.07, 6.45) is 12.5. The van der Waals surface area contributed by atoms with Crippen LogP contribution in [0.2, 0.25) is 0 Å². The predicted octanol–water partition coefficient (Wildman–Crippen LogP) is 4.65. The van der Waals surface area contributed by atoms with Gasteiger partial charge in [-0.3, -0.25) is 0 Å². The third kappa shape index (κ3) is 5.56. The lowest BCUT2D eigenvalue weighted by atomic mass is 9.88. The molecule has 28 heavy (non-hydrogen) atoms. The number of hydrogen-bond acceptors (Lipinski definition) is 3. The topological polar surface area (TPSA) is 43.7 Å². The third-order valence-electron chi connectivity index (χ3n) is 6.45. The highest BCUT2D eigenvalue weighted by Gasteiger charge is 2.43. The third-order valence-corrected chi connectivity index (χ3v) is 6.45. The van der Waals surface area contributed by atoms with E-state index in [1.807, 2.05) is 37.3 Å². The Labute approximate surface area is 170 Å². The van der Waals surface area contributed by atoms with Gasteiger partial charge in [0.2, 0.25) is 0 Å². The molecule has 3 nitrogen and oxygen atoms in total. The highest BCUT2D eigenvalue weighted by Crippen LogP contribution is 2.48. The quantitative estimate of drug-likeness (QED) is 0.482. The van der Waals surface area contributed by atoms with E-state index in [2.05, 4.69) is 31.1 Å². The largest absolute Gasteiger partial charge is 0.392 e. The van der Waals surface area contributed by atoms with E-state index >= 15 is 0 Å². The molecule has 1 fully saturated rings. The Balaban J connectivity index is 1.51. The summed E-state index contributed by atoms with van der Waals surface area (Å²) in [5, 5.41) is 21.0. The van der Waals surface area contributed by atoms with Gasteiger partial charge in [-0.2, -0.15) is 0 Å². The summed E-state index contributed by atoms with van der Waals surface area (Å²) in [7, 11) is 4.27. The van der Waals surface area contributed by atoms with Crippen molar-refractivity contribution in [1.82, 2.24) is 4.90 Å². The minimum absolute atomic E-state index is 0.159. The smallest absolute Gasteiger partial charge is 0.0972 e. The Morgan fingerprint density at radius 3 is 2.79 bits per heavy atom. The Bertz CT molecular complexity index is 694. The Morgan fingerprint density at radius 2 is 2.04 bits per heavy atom. The first-order chi connectivity index (χ1) is 13.4. The molecule has 0 saturated heterocycles. The molecular formula is C25H37NO2. The van der Waals surface area contributed by atoms with Crippen LogP contribution in [0.1, 0.15) is 55.8 Å². The first kappa shape index (κ1) is 21.3. The molecule has 2 N–H and O–H groups in total. The summed E-state index contributed by atoms with van der Waals surface area (Å²) < 4.78 is 0. The molecule has 0 bridgehead atoms. The molecule has 2 aliphatic rings. The number of aliphatic hydroxyl groups excluding tert-OH is 2. The molecule has 2 aliphatic carbocycles. The average Bonchev–Trinajstić information content (AvgIpc) is 3.15. The first-order valence-electron chi connectivity index (χ1n) is 10.9. The van der Waals surface area contributed by atoms with Crippen molar-refractivity contribution in [2.24, 2.45) is 17.8 Å². The van der Waals surface area contributed by atoms with E-state index < -0.39 is 6.10 Å². The number of hydrogen-bond donors (Lipinski definition) is 2. The van der Waals surface area contributed by atoms with Crippen LogP contribution in [0.5, 0.6) is 0 Å². The highest BCUT2D eigenvalue weighted by atomic mass is 16.3. The minimum Gasteiger partial charge on any atom is -0.392 e. The van der Waals surface area contributed by atoms with Crippen LogP contribution in [-0.4, -0.2) is 41.9 Å². The van der Waals surface area contributed by atoms with Crippen molar-refractivity contribution in [1.29, 1.82) is 0 Å². The molecule has 0 unspecified atom stereocenters. The average molecular weight is 384 g/mol. The first-order valence-corrected chi connectivity index (χ1v) is 10.9. The van der Waals surface area contributed by atoms with Crippen LogP contribution in [0, 0.1) is 24.7 Å². The van der Waals surface area contributed by atoms with E-state index in [4.69, 9.17) is 0 Å². The second-order valence-corrected chi connectivity index (χ2v) is 9.09. The summed E-state index contributed by atoms with van der Waals surface area (Å²) in [4.78, 5) is 2.25. The van der Waals surface area contributed by atoms with Crippen molar-refractivity contribution in [3.63, 3.8) is 0 Å². The second kappa shape index (κ2) is 9.87. The maximum absolute atomic E-state index is 10.5. The van der Waals surface area contributed by atoms with Crippen molar-refractivity contribution in [3.05, 3.63) is 59.2 Å². The van der Waals surface area contributed by atoms with E-state index in [0.717, 1.165) is 24.0 Å². The molecule has 1 aromatic carbocycles. The molecule has 1 saturated carbocycles. The molecule has 154 valence electrons. The zero-order chi connectivity index (χ0) is 20.1. The molecule has 3 rings (SSSR count). The van der Waals surface area contributed by atoms with Gasteiger partial charge in [-0.15, -0.1) is 0 Å². The molecule has 0 radical (unpaired) electrons. The lowest BCUT2D eigenvalue weighted by molar-refractivity contribution is 0.140. The van der Waals surface area contributed by atoms with Gasteiger partial charge < -0.3 is 15.1 Å².